The highest BCUT2D eigenvalue weighted by Gasteiger charge is 2.25. The van der Waals surface area contributed by atoms with Crippen molar-refractivity contribution in [1.29, 1.82) is 0 Å². The van der Waals surface area contributed by atoms with Crippen LogP contribution in [-0.4, -0.2) is 37.4 Å². The third kappa shape index (κ3) is 3.29. The van der Waals surface area contributed by atoms with Gasteiger partial charge in [-0.25, -0.2) is 4.79 Å². The number of para-hydroxylation sites is 1. The average Bonchev–Trinajstić information content (AvgIpc) is 2.75. The number of aromatic carboxylic acids is 1. The summed E-state index contributed by atoms with van der Waals surface area (Å²) in [6.45, 7) is 1.63. The fourth-order valence-corrected chi connectivity index (χ4v) is 2.79. The molecule has 5 heteroatoms. The molecule has 1 heterocycles. The van der Waals surface area contributed by atoms with Crippen LogP contribution in [-0.2, 0) is 11.3 Å². The molecule has 1 aliphatic rings. The van der Waals surface area contributed by atoms with Crippen LogP contribution < -0.4 is 9.64 Å². The summed E-state index contributed by atoms with van der Waals surface area (Å²) in [5, 5.41) is 9.14. The molecule has 3 rings (SSSR count). The van der Waals surface area contributed by atoms with Gasteiger partial charge >= 0.3 is 5.97 Å². The van der Waals surface area contributed by atoms with Crippen molar-refractivity contribution < 1.29 is 19.4 Å². The van der Waals surface area contributed by atoms with Crippen LogP contribution in [0.3, 0.4) is 0 Å². The van der Waals surface area contributed by atoms with Gasteiger partial charge in [-0.15, -0.1) is 0 Å². The van der Waals surface area contributed by atoms with E-state index in [-0.39, 0.29) is 11.6 Å². The summed E-state index contributed by atoms with van der Waals surface area (Å²) < 4.78 is 11.2. The van der Waals surface area contributed by atoms with Gasteiger partial charge in [-0.2, -0.15) is 0 Å². The number of methoxy groups -OCH3 is 1. The lowest BCUT2D eigenvalue weighted by Crippen LogP contribution is -2.40. The minimum Gasteiger partial charge on any atom is -0.491 e. The second-order valence-corrected chi connectivity index (χ2v) is 5.51. The van der Waals surface area contributed by atoms with Crippen molar-refractivity contribution >= 4 is 11.7 Å². The van der Waals surface area contributed by atoms with Crippen LogP contribution in [0.2, 0.25) is 0 Å². The zero-order valence-corrected chi connectivity index (χ0v) is 12.9. The molecule has 0 radical (unpaired) electrons. The third-order valence-electron chi connectivity index (χ3n) is 3.97. The van der Waals surface area contributed by atoms with Gasteiger partial charge in [-0.1, -0.05) is 24.3 Å². The number of hydrogen-bond acceptors (Lipinski definition) is 4. The fourth-order valence-electron chi connectivity index (χ4n) is 2.79. The van der Waals surface area contributed by atoms with Crippen LogP contribution in [0.1, 0.15) is 15.9 Å². The Hall–Kier alpha value is -2.53. The molecular weight excluding hydrogens is 294 g/mol. The maximum atomic E-state index is 11.1. The van der Waals surface area contributed by atoms with Crippen molar-refractivity contribution in [2.75, 3.05) is 25.2 Å². The van der Waals surface area contributed by atoms with Crippen LogP contribution in [0.15, 0.2) is 48.5 Å². The number of carbonyl (C=O) groups is 1. The first-order valence-corrected chi connectivity index (χ1v) is 7.48. The highest BCUT2D eigenvalue weighted by atomic mass is 16.5. The first kappa shape index (κ1) is 15.4. The molecule has 0 aromatic heterocycles. The smallest absolute Gasteiger partial charge is 0.335 e. The molecule has 1 atom stereocenters. The lowest BCUT2D eigenvalue weighted by atomic mass is 10.1. The van der Waals surface area contributed by atoms with Crippen LogP contribution >= 0.6 is 0 Å². The Morgan fingerprint density at radius 3 is 2.78 bits per heavy atom. The van der Waals surface area contributed by atoms with E-state index < -0.39 is 5.97 Å². The quantitative estimate of drug-likeness (QED) is 0.940. The second-order valence-electron chi connectivity index (χ2n) is 5.51. The van der Waals surface area contributed by atoms with Crippen molar-refractivity contribution in [3.05, 3.63) is 59.7 Å². The number of carboxylic acid groups (broad SMARTS) is 1. The molecule has 1 unspecified atom stereocenters. The van der Waals surface area contributed by atoms with Crippen molar-refractivity contribution in [2.24, 2.45) is 0 Å². The van der Waals surface area contributed by atoms with Gasteiger partial charge in [-0.05, 0) is 24.3 Å². The van der Waals surface area contributed by atoms with Crippen LogP contribution in [0.5, 0.6) is 5.75 Å². The average molecular weight is 313 g/mol. The highest BCUT2D eigenvalue weighted by molar-refractivity contribution is 5.88. The minimum absolute atomic E-state index is 0.0584. The number of benzene rings is 2. The highest BCUT2D eigenvalue weighted by Crippen LogP contribution is 2.29. The molecule has 1 N–H and O–H groups in total. The summed E-state index contributed by atoms with van der Waals surface area (Å²) >= 11 is 0. The molecular formula is C18H19NO4. The molecule has 0 saturated carbocycles. The van der Waals surface area contributed by atoms with E-state index >= 15 is 0 Å². The standard InChI is InChI=1S/C18H19NO4/c1-22-11-16-12-23-17-9-13(18(20)21)7-8-14(17)10-19(16)15-5-3-2-4-6-15/h2-9,16H,10-12H2,1H3,(H,20,21). The first-order valence-electron chi connectivity index (χ1n) is 7.48. The monoisotopic (exact) mass is 313 g/mol. The van der Waals surface area contributed by atoms with E-state index in [0.717, 1.165) is 11.3 Å². The van der Waals surface area contributed by atoms with Crippen molar-refractivity contribution in [2.45, 2.75) is 12.6 Å². The Bertz CT molecular complexity index is 687. The zero-order valence-electron chi connectivity index (χ0n) is 12.9. The lowest BCUT2D eigenvalue weighted by Gasteiger charge is -2.30. The summed E-state index contributed by atoms with van der Waals surface area (Å²) in [4.78, 5) is 13.4. The molecule has 5 nitrogen and oxygen atoms in total. The molecule has 1 aliphatic heterocycles. The van der Waals surface area contributed by atoms with E-state index in [0.29, 0.717) is 25.5 Å². The van der Waals surface area contributed by atoms with Gasteiger partial charge in [0.15, 0.2) is 0 Å². The molecule has 23 heavy (non-hydrogen) atoms. The van der Waals surface area contributed by atoms with Gasteiger partial charge in [0.25, 0.3) is 0 Å². The number of ether oxygens (including phenoxy) is 2. The van der Waals surface area contributed by atoms with Crippen molar-refractivity contribution in [1.82, 2.24) is 0 Å². The van der Waals surface area contributed by atoms with Crippen molar-refractivity contribution in [3.8, 4) is 5.75 Å². The molecule has 0 aliphatic carbocycles. The molecule has 0 spiro atoms. The van der Waals surface area contributed by atoms with Gasteiger partial charge in [0.05, 0.1) is 18.2 Å². The van der Waals surface area contributed by atoms with E-state index in [2.05, 4.69) is 17.0 Å². The number of fused-ring (bicyclic) bond motifs is 1. The zero-order chi connectivity index (χ0) is 16.2. The van der Waals surface area contributed by atoms with E-state index in [1.54, 1.807) is 19.2 Å². The molecule has 120 valence electrons. The third-order valence-corrected chi connectivity index (χ3v) is 3.97. The van der Waals surface area contributed by atoms with Crippen molar-refractivity contribution in [3.63, 3.8) is 0 Å². The van der Waals surface area contributed by atoms with Gasteiger partial charge in [-0.3, -0.25) is 0 Å². The fraction of sp³-hybridized carbons (Fsp3) is 0.278. The Labute approximate surface area is 135 Å². The summed E-state index contributed by atoms with van der Waals surface area (Å²) in [5.41, 5.74) is 2.30. The van der Waals surface area contributed by atoms with Gasteiger partial charge in [0.2, 0.25) is 0 Å². The number of carboxylic acids is 1. The number of hydrogen-bond donors (Lipinski definition) is 1. The Morgan fingerprint density at radius 2 is 2.09 bits per heavy atom. The molecule has 2 aromatic carbocycles. The second kappa shape index (κ2) is 6.71. The summed E-state index contributed by atoms with van der Waals surface area (Å²) in [5.74, 6) is -0.321. The van der Waals surface area contributed by atoms with E-state index in [9.17, 15) is 4.79 Å². The molecule has 0 fully saturated rings. The molecule has 0 amide bonds. The summed E-state index contributed by atoms with van der Waals surface area (Å²) in [6, 6.07) is 15.2. The van der Waals surface area contributed by atoms with Gasteiger partial charge in [0, 0.05) is 24.9 Å². The molecule has 2 aromatic rings. The summed E-state index contributed by atoms with van der Waals surface area (Å²) in [6.07, 6.45) is 0. The van der Waals surface area contributed by atoms with Gasteiger partial charge < -0.3 is 19.5 Å². The normalized spacial score (nSPS) is 17.1. The first-order chi connectivity index (χ1) is 11.2. The topological polar surface area (TPSA) is 59.0 Å². The number of anilines is 1. The predicted octanol–water partition coefficient (Wildman–Crippen LogP) is 2.80. The number of rotatable bonds is 4. The Balaban J connectivity index is 1.96. The van der Waals surface area contributed by atoms with E-state index in [4.69, 9.17) is 14.6 Å². The maximum absolute atomic E-state index is 11.1. The minimum atomic E-state index is -0.950. The maximum Gasteiger partial charge on any atom is 0.335 e. The van der Waals surface area contributed by atoms with Crippen LogP contribution in [0.25, 0.3) is 0 Å². The predicted molar refractivity (Wildman–Crippen MR) is 87.2 cm³/mol. The Kier molecular flexibility index (Phi) is 4.48. The largest absolute Gasteiger partial charge is 0.491 e. The van der Waals surface area contributed by atoms with E-state index in [1.807, 2.05) is 24.3 Å². The molecule has 0 bridgehead atoms. The van der Waals surface area contributed by atoms with Crippen LogP contribution in [0, 0.1) is 0 Å². The summed E-state index contributed by atoms with van der Waals surface area (Å²) in [7, 11) is 1.67. The van der Waals surface area contributed by atoms with Crippen LogP contribution in [0.4, 0.5) is 5.69 Å². The SMILES string of the molecule is COCC1COc2cc(C(=O)O)ccc2CN1c1ccccc1. The molecule has 0 saturated heterocycles. The Morgan fingerprint density at radius 1 is 1.30 bits per heavy atom. The number of nitrogens with zero attached hydrogens (tertiary/aromatic N) is 1. The van der Waals surface area contributed by atoms with E-state index in [1.165, 1.54) is 0 Å². The van der Waals surface area contributed by atoms with Gasteiger partial charge in [0.1, 0.15) is 12.4 Å². The lowest BCUT2D eigenvalue weighted by molar-refractivity contribution is 0.0696.